The van der Waals surface area contributed by atoms with Crippen molar-refractivity contribution in [1.82, 2.24) is 10.2 Å². The third kappa shape index (κ3) is 7.10. The van der Waals surface area contributed by atoms with Gasteiger partial charge in [0.1, 0.15) is 6.61 Å². The lowest BCUT2D eigenvalue weighted by atomic mass is 9.75. The van der Waals surface area contributed by atoms with Crippen LogP contribution in [-0.4, -0.2) is 53.7 Å². The Morgan fingerprint density at radius 1 is 1.03 bits per heavy atom. The van der Waals surface area contributed by atoms with E-state index in [-0.39, 0.29) is 24.5 Å². The van der Waals surface area contributed by atoms with Gasteiger partial charge in [0.2, 0.25) is 5.91 Å². The van der Waals surface area contributed by atoms with E-state index in [4.69, 9.17) is 9.84 Å². The van der Waals surface area contributed by atoms with Gasteiger partial charge in [-0.3, -0.25) is 4.79 Å². The summed E-state index contributed by atoms with van der Waals surface area (Å²) < 4.78 is 5.71. The predicted octanol–water partition coefficient (Wildman–Crippen LogP) is 5.87. The molecule has 6 heteroatoms. The van der Waals surface area contributed by atoms with Crippen LogP contribution in [-0.2, 0) is 14.3 Å². The lowest BCUT2D eigenvalue weighted by Gasteiger charge is -2.41. The molecule has 3 saturated carbocycles. The molecule has 8 unspecified atom stereocenters. The fourth-order valence-corrected chi connectivity index (χ4v) is 8.19. The van der Waals surface area contributed by atoms with Gasteiger partial charge in [-0.05, 0) is 100 Å². The first-order valence-electron chi connectivity index (χ1n) is 15.2. The number of carboxylic acid groups (broad SMARTS) is 1. The standard InChI is InChI=1S/C31H52N2O4/c1-19(2)25-8-6-7-23(13-25)16-32-31(36)26-9-10-29-28(15-26)21(4)22(5)33(29)17-24-11-20(3)12-27(14-24)37-18-30(34)35/h19-20,23-29H,6-18H2,1-5H3,(H,32,36)(H,34,35). The molecule has 0 spiro atoms. The molecule has 1 amide bonds. The molecule has 3 aliphatic carbocycles. The van der Waals surface area contributed by atoms with Gasteiger partial charge in [-0.25, -0.2) is 4.79 Å². The number of hydrogen-bond donors (Lipinski definition) is 2. The van der Waals surface area contributed by atoms with Gasteiger partial charge in [-0.15, -0.1) is 0 Å². The summed E-state index contributed by atoms with van der Waals surface area (Å²) in [5.41, 5.74) is 2.87. The molecule has 0 aromatic heterocycles. The van der Waals surface area contributed by atoms with Crippen LogP contribution in [0.4, 0.5) is 0 Å². The summed E-state index contributed by atoms with van der Waals surface area (Å²) in [4.78, 5) is 26.8. The second-order valence-corrected chi connectivity index (χ2v) is 13.4. The van der Waals surface area contributed by atoms with Gasteiger partial charge in [-0.1, -0.05) is 33.6 Å². The zero-order valence-electron chi connectivity index (χ0n) is 24.0. The summed E-state index contributed by atoms with van der Waals surface area (Å²) in [5.74, 6) is 3.31. The van der Waals surface area contributed by atoms with E-state index in [0.29, 0.717) is 29.7 Å². The first kappa shape index (κ1) is 28.4. The second kappa shape index (κ2) is 12.5. The highest BCUT2D eigenvalue weighted by atomic mass is 16.5. The molecular weight excluding hydrogens is 464 g/mol. The van der Waals surface area contributed by atoms with Crippen molar-refractivity contribution in [1.29, 1.82) is 0 Å². The van der Waals surface area contributed by atoms with E-state index in [2.05, 4.69) is 44.8 Å². The van der Waals surface area contributed by atoms with Crippen molar-refractivity contribution in [2.75, 3.05) is 19.7 Å². The molecule has 3 fully saturated rings. The zero-order valence-corrected chi connectivity index (χ0v) is 24.0. The van der Waals surface area contributed by atoms with Crippen molar-refractivity contribution in [3.05, 3.63) is 11.3 Å². The molecule has 1 heterocycles. The van der Waals surface area contributed by atoms with Crippen LogP contribution in [0.25, 0.3) is 0 Å². The predicted molar refractivity (Wildman–Crippen MR) is 147 cm³/mol. The highest BCUT2D eigenvalue weighted by Gasteiger charge is 2.43. The molecule has 8 atom stereocenters. The number of carbonyl (C=O) groups excluding carboxylic acids is 1. The number of ether oxygens (including phenoxy) is 1. The molecule has 37 heavy (non-hydrogen) atoms. The molecule has 2 N–H and O–H groups in total. The summed E-state index contributed by atoms with van der Waals surface area (Å²) in [6.07, 6.45) is 11.4. The molecule has 0 aromatic rings. The molecule has 4 aliphatic rings. The van der Waals surface area contributed by atoms with Gasteiger partial charge >= 0.3 is 5.97 Å². The molecule has 4 rings (SSSR count). The Bertz CT molecular complexity index is 839. The number of amides is 1. The Labute approximate surface area is 225 Å². The number of rotatable bonds is 9. The summed E-state index contributed by atoms with van der Waals surface area (Å²) in [5, 5.41) is 12.4. The monoisotopic (exact) mass is 516 g/mol. The second-order valence-electron chi connectivity index (χ2n) is 13.4. The van der Waals surface area contributed by atoms with E-state index in [0.717, 1.165) is 57.0 Å². The Morgan fingerprint density at radius 3 is 2.54 bits per heavy atom. The van der Waals surface area contributed by atoms with Crippen molar-refractivity contribution in [3.8, 4) is 0 Å². The highest BCUT2D eigenvalue weighted by Crippen LogP contribution is 2.45. The molecule has 6 nitrogen and oxygen atoms in total. The number of fused-ring (bicyclic) bond motifs is 1. The largest absolute Gasteiger partial charge is 0.480 e. The number of nitrogens with zero attached hydrogens (tertiary/aromatic N) is 1. The molecule has 0 radical (unpaired) electrons. The maximum absolute atomic E-state index is 13.2. The molecule has 0 aromatic carbocycles. The minimum Gasteiger partial charge on any atom is -0.480 e. The lowest BCUT2D eigenvalue weighted by Crippen LogP contribution is -2.45. The maximum Gasteiger partial charge on any atom is 0.329 e. The van der Waals surface area contributed by atoms with E-state index in [1.165, 1.54) is 43.4 Å². The van der Waals surface area contributed by atoms with Crippen LogP contribution in [0.15, 0.2) is 11.3 Å². The lowest BCUT2D eigenvalue weighted by molar-refractivity contribution is -0.145. The molecule has 1 aliphatic heterocycles. The van der Waals surface area contributed by atoms with E-state index < -0.39 is 5.97 Å². The quantitative estimate of drug-likeness (QED) is 0.401. The smallest absolute Gasteiger partial charge is 0.329 e. The fraction of sp³-hybridized carbons (Fsp3) is 0.871. The average Bonchev–Trinajstić information content (AvgIpc) is 3.10. The summed E-state index contributed by atoms with van der Waals surface area (Å²) in [6.45, 7) is 13.2. The van der Waals surface area contributed by atoms with E-state index >= 15 is 0 Å². The number of carboxylic acids is 1. The van der Waals surface area contributed by atoms with Gasteiger partial charge in [0.25, 0.3) is 0 Å². The van der Waals surface area contributed by atoms with Crippen molar-refractivity contribution in [3.63, 3.8) is 0 Å². The van der Waals surface area contributed by atoms with Crippen LogP contribution in [0, 0.1) is 41.4 Å². The average molecular weight is 517 g/mol. The fourth-order valence-electron chi connectivity index (χ4n) is 8.19. The van der Waals surface area contributed by atoms with Crippen LogP contribution in [0.2, 0.25) is 0 Å². The van der Waals surface area contributed by atoms with E-state index in [1.54, 1.807) is 0 Å². The van der Waals surface area contributed by atoms with Crippen molar-refractivity contribution in [2.24, 2.45) is 41.4 Å². The van der Waals surface area contributed by atoms with E-state index in [1.807, 2.05) is 0 Å². The number of carbonyl (C=O) groups is 2. The van der Waals surface area contributed by atoms with Gasteiger partial charge in [0, 0.05) is 36.7 Å². The summed E-state index contributed by atoms with van der Waals surface area (Å²) >= 11 is 0. The Morgan fingerprint density at radius 2 is 1.81 bits per heavy atom. The van der Waals surface area contributed by atoms with Crippen LogP contribution in [0.3, 0.4) is 0 Å². The van der Waals surface area contributed by atoms with Crippen LogP contribution >= 0.6 is 0 Å². The molecule has 0 bridgehead atoms. The number of hydrogen-bond acceptors (Lipinski definition) is 4. The topological polar surface area (TPSA) is 78.9 Å². The van der Waals surface area contributed by atoms with Crippen LogP contribution in [0.1, 0.15) is 98.8 Å². The number of allylic oxidation sites excluding steroid dienone is 1. The van der Waals surface area contributed by atoms with Crippen LogP contribution < -0.4 is 5.32 Å². The number of nitrogens with one attached hydrogen (secondary N) is 1. The number of aliphatic carboxylic acids is 1. The van der Waals surface area contributed by atoms with Crippen molar-refractivity contribution >= 4 is 11.9 Å². The van der Waals surface area contributed by atoms with Gasteiger partial charge in [0.15, 0.2) is 0 Å². The third-order valence-corrected chi connectivity index (χ3v) is 10.4. The minimum atomic E-state index is -0.883. The minimum absolute atomic E-state index is 0.0491. The Balaban J connectivity index is 1.29. The summed E-state index contributed by atoms with van der Waals surface area (Å²) in [7, 11) is 0. The zero-order chi connectivity index (χ0) is 26.7. The maximum atomic E-state index is 13.2. The van der Waals surface area contributed by atoms with E-state index in [9.17, 15) is 9.59 Å². The Hall–Kier alpha value is -1.56. The first-order chi connectivity index (χ1) is 17.6. The van der Waals surface area contributed by atoms with Gasteiger partial charge in [0.05, 0.1) is 6.10 Å². The van der Waals surface area contributed by atoms with Crippen molar-refractivity contribution in [2.45, 2.75) is 111 Å². The molecular formula is C31H52N2O4. The normalized spacial score (nSPS) is 36.5. The van der Waals surface area contributed by atoms with Crippen LogP contribution in [0.5, 0.6) is 0 Å². The molecule has 210 valence electrons. The first-order valence-corrected chi connectivity index (χ1v) is 15.2. The SMILES string of the molecule is CC1=C(C)N(CC2CC(C)CC(OCC(=O)O)C2)C2CCC(C(=O)NCC3CCCC(C(C)C)C3)CC12. The summed E-state index contributed by atoms with van der Waals surface area (Å²) in [6, 6.07) is 0.504. The van der Waals surface area contributed by atoms with Gasteiger partial charge < -0.3 is 20.1 Å². The van der Waals surface area contributed by atoms with Crippen molar-refractivity contribution < 1.29 is 19.4 Å². The van der Waals surface area contributed by atoms with Gasteiger partial charge in [-0.2, -0.15) is 0 Å². The highest BCUT2D eigenvalue weighted by molar-refractivity contribution is 5.78. The Kier molecular flexibility index (Phi) is 9.63. The molecule has 0 saturated heterocycles. The third-order valence-electron chi connectivity index (χ3n) is 10.4.